The Hall–Kier alpha value is -3.33. The van der Waals surface area contributed by atoms with Crippen molar-refractivity contribution >= 4 is 17.5 Å². The fraction of sp³-hybridized carbons (Fsp3) is 0.167. The van der Waals surface area contributed by atoms with Crippen molar-refractivity contribution in [3.8, 4) is 11.8 Å². The zero-order valence-corrected chi connectivity index (χ0v) is 13.2. The van der Waals surface area contributed by atoms with Gasteiger partial charge in [-0.25, -0.2) is 0 Å². The number of aryl methyl sites for hydroxylation is 1. The standard InChI is InChI=1S/C18H17N3O3/c1-13-6-8-15(9-7-13)24-12-18(23)20-11-17(22)21-16-5-3-2-4-14(16)10-19/h2-9H,11-12H2,1H3,(H,20,23)(H,21,22). The zero-order chi connectivity index (χ0) is 17.4. The Morgan fingerprint density at radius 3 is 2.50 bits per heavy atom. The smallest absolute Gasteiger partial charge is 0.258 e. The summed E-state index contributed by atoms with van der Waals surface area (Å²) in [5, 5.41) is 14.0. The summed E-state index contributed by atoms with van der Waals surface area (Å²) in [7, 11) is 0. The van der Waals surface area contributed by atoms with Crippen LogP contribution in [0.15, 0.2) is 48.5 Å². The fourth-order valence-electron chi connectivity index (χ4n) is 1.90. The van der Waals surface area contributed by atoms with Crippen LogP contribution < -0.4 is 15.4 Å². The molecule has 0 aromatic heterocycles. The Labute approximate surface area is 140 Å². The third-order valence-corrected chi connectivity index (χ3v) is 3.16. The molecule has 0 saturated heterocycles. The molecule has 2 rings (SSSR count). The molecule has 0 aliphatic rings. The summed E-state index contributed by atoms with van der Waals surface area (Å²) in [5.41, 5.74) is 1.87. The number of carbonyl (C=O) groups is 2. The van der Waals surface area contributed by atoms with Crippen molar-refractivity contribution in [2.24, 2.45) is 0 Å². The number of benzene rings is 2. The SMILES string of the molecule is Cc1ccc(OCC(=O)NCC(=O)Nc2ccccc2C#N)cc1. The second kappa shape index (κ2) is 8.34. The minimum atomic E-state index is -0.415. The van der Waals surface area contributed by atoms with E-state index in [9.17, 15) is 9.59 Å². The molecule has 0 heterocycles. The number of carbonyl (C=O) groups excluding carboxylic acids is 2. The molecule has 0 atom stereocenters. The van der Waals surface area contributed by atoms with Gasteiger partial charge in [0.05, 0.1) is 17.8 Å². The van der Waals surface area contributed by atoms with E-state index in [0.29, 0.717) is 17.0 Å². The van der Waals surface area contributed by atoms with Crippen LogP contribution in [0.5, 0.6) is 5.75 Å². The van der Waals surface area contributed by atoms with Gasteiger partial charge in [-0.15, -0.1) is 0 Å². The Morgan fingerprint density at radius 2 is 1.79 bits per heavy atom. The van der Waals surface area contributed by atoms with E-state index >= 15 is 0 Å². The molecule has 0 radical (unpaired) electrons. The molecule has 2 N–H and O–H groups in total. The van der Waals surface area contributed by atoms with E-state index in [4.69, 9.17) is 10.00 Å². The van der Waals surface area contributed by atoms with E-state index in [-0.39, 0.29) is 13.2 Å². The molecule has 0 aliphatic heterocycles. The maximum absolute atomic E-state index is 11.8. The molecule has 6 heteroatoms. The number of nitrogens with zero attached hydrogens (tertiary/aromatic N) is 1. The molecular weight excluding hydrogens is 306 g/mol. The second-order valence-electron chi connectivity index (χ2n) is 5.08. The van der Waals surface area contributed by atoms with Gasteiger partial charge in [-0.3, -0.25) is 9.59 Å². The lowest BCUT2D eigenvalue weighted by molar-refractivity contribution is -0.125. The van der Waals surface area contributed by atoms with Crippen molar-refractivity contribution in [1.29, 1.82) is 5.26 Å². The maximum Gasteiger partial charge on any atom is 0.258 e. The molecule has 2 aromatic carbocycles. The molecule has 0 saturated carbocycles. The highest BCUT2D eigenvalue weighted by molar-refractivity contribution is 5.95. The van der Waals surface area contributed by atoms with Gasteiger partial charge in [0.2, 0.25) is 5.91 Å². The van der Waals surface area contributed by atoms with E-state index in [2.05, 4.69) is 10.6 Å². The van der Waals surface area contributed by atoms with E-state index < -0.39 is 11.8 Å². The molecule has 6 nitrogen and oxygen atoms in total. The summed E-state index contributed by atoms with van der Waals surface area (Å²) in [6, 6.07) is 15.9. The average Bonchev–Trinajstić information content (AvgIpc) is 2.60. The summed E-state index contributed by atoms with van der Waals surface area (Å²) < 4.78 is 5.32. The summed E-state index contributed by atoms with van der Waals surface area (Å²) in [6.45, 7) is 1.58. The molecule has 2 aromatic rings. The molecule has 0 unspecified atom stereocenters. The van der Waals surface area contributed by atoms with Gasteiger partial charge in [0, 0.05) is 0 Å². The first-order chi connectivity index (χ1) is 11.6. The highest BCUT2D eigenvalue weighted by Crippen LogP contribution is 2.13. The molecule has 0 bridgehead atoms. The molecule has 0 aliphatic carbocycles. The third kappa shape index (κ3) is 5.14. The van der Waals surface area contributed by atoms with Gasteiger partial charge in [-0.05, 0) is 31.2 Å². The topological polar surface area (TPSA) is 91.2 Å². The summed E-state index contributed by atoms with van der Waals surface area (Å²) in [5.74, 6) is -0.233. The first kappa shape index (κ1) is 17.0. The molecule has 0 spiro atoms. The Balaban J connectivity index is 1.76. The highest BCUT2D eigenvalue weighted by atomic mass is 16.5. The highest BCUT2D eigenvalue weighted by Gasteiger charge is 2.08. The molecule has 122 valence electrons. The average molecular weight is 323 g/mol. The van der Waals surface area contributed by atoms with Crippen LogP contribution in [-0.2, 0) is 9.59 Å². The molecule has 0 fully saturated rings. The second-order valence-corrected chi connectivity index (χ2v) is 5.08. The number of amides is 2. The van der Waals surface area contributed by atoms with Crippen molar-refractivity contribution in [1.82, 2.24) is 5.32 Å². The van der Waals surface area contributed by atoms with Crippen LogP contribution in [0.4, 0.5) is 5.69 Å². The predicted octanol–water partition coefficient (Wildman–Crippen LogP) is 2.00. The first-order valence-corrected chi connectivity index (χ1v) is 7.33. The van der Waals surface area contributed by atoms with Crippen LogP contribution in [0.25, 0.3) is 0 Å². The largest absolute Gasteiger partial charge is 0.484 e. The number of hydrogen-bond donors (Lipinski definition) is 2. The van der Waals surface area contributed by atoms with Gasteiger partial charge in [-0.2, -0.15) is 5.26 Å². The van der Waals surface area contributed by atoms with Crippen LogP contribution in [-0.4, -0.2) is 25.0 Å². The normalized spacial score (nSPS) is 9.67. The lowest BCUT2D eigenvalue weighted by Gasteiger charge is -2.09. The van der Waals surface area contributed by atoms with Crippen molar-refractivity contribution in [2.75, 3.05) is 18.5 Å². The molecule has 24 heavy (non-hydrogen) atoms. The third-order valence-electron chi connectivity index (χ3n) is 3.16. The lowest BCUT2D eigenvalue weighted by Crippen LogP contribution is -2.35. The van der Waals surface area contributed by atoms with Gasteiger partial charge in [0.1, 0.15) is 11.8 Å². The number of anilines is 1. The number of nitrogens with one attached hydrogen (secondary N) is 2. The predicted molar refractivity (Wildman–Crippen MR) is 89.5 cm³/mol. The Bertz CT molecular complexity index is 764. The van der Waals surface area contributed by atoms with Crippen molar-refractivity contribution < 1.29 is 14.3 Å². The van der Waals surface area contributed by atoms with Crippen molar-refractivity contribution in [3.63, 3.8) is 0 Å². The fourth-order valence-corrected chi connectivity index (χ4v) is 1.90. The molecular formula is C18H17N3O3. The quantitative estimate of drug-likeness (QED) is 0.850. The lowest BCUT2D eigenvalue weighted by atomic mass is 10.2. The first-order valence-electron chi connectivity index (χ1n) is 7.33. The minimum absolute atomic E-state index is 0.175. The van der Waals surface area contributed by atoms with E-state index in [0.717, 1.165) is 5.56 Å². The van der Waals surface area contributed by atoms with E-state index in [1.54, 1.807) is 36.4 Å². The Kier molecular flexibility index (Phi) is 5.92. The number of para-hydroxylation sites is 1. The Morgan fingerprint density at radius 1 is 1.08 bits per heavy atom. The summed E-state index contributed by atoms with van der Waals surface area (Å²) >= 11 is 0. The van der Waals surface area contributed by atoms with Crippen molar-refractivity contribution in [3.05, 3.63) is 59.7 Å². The number of rotatable bonds is 6. The van der Waals surface area contributed by atoms with Gasteiger partial charge < -0.3 is 15.4 Å². The van der Waals surface area contributed by atoms with Crippen LogP contribution in [0, 0.1) is 18.3 Å². The van der Waals surface area contributed by atoms with Crippen molar-refractivity contribution in [2.45, 2.75) is 6.92 Å². The van der Waals surface area contributed by atoms with Gasteiger partial charge >= 0.3 is 0 Å². The number of hydrogen-bond acceptors (Lipinski definition) is 4. The van der Waals surface area contributed by atoms with E-state index in [1.807, 2.05) is 25.1 Å². The number of nitriles is 1. The van der Waals surface area contributed by atoms with Crippen LogP contribution in [0.3, 0.4) is 0 Å². The van der Waals surface area contributed by atoms with Crippen LogP contribution >= 0.6 is 0 Å². The summed E-state index contributed by atoms with van der Waals surface area (Å²) in [6.07, 6.45) is 0. The maximum atomic E-state index is 11.8. The van der Waals surface area contributed by atoms with Crippen LogP contribution in [0.1, 0.15) is 11.1 Å². The minimum Gasteiger partial charge on any atom is -0.484 e. The summed E-state index contributed by atoms with van der Waals surface area (Å²) in [4.78, 5) is 23.5. The van der Waals surface area contributed by atoms with Gasteiger partial charge in [0.15, 0.2) is 6.61 Å². The molecule has 2 amide bonds. The monoisotopic (exact) mass is 323 g/mol. The van der Waals surface area contributed by atoms with E-state index in [1.165, 1.54) is 0 Å². The number of ether oxygens (including phenoxy) is 1. The van der Waals surface area contributed by atoms with Crippen LogP contribution in [0.2, 0.25) is 0 Å². The zero-order valence-electron chi connectivity index (χ0n) is 13.2. The van der Waals surface area contributed by atoms with Gasteiger partial charge in [-0.1, -0.05) is 29.8 Å². The van der Waals surface area contributed by atoms with Gasteiger partial charge in [0.25, 0.3) is 5.91 Å².